The fourth-order valence-corrected chi connectivity index (χ4v) is 6.16. The molecule has 1 spiro atoms. The van der Waals surface area contributed by atoms with Gasteiger partial charge < -0.3 is 15.3 Å². The van der Waals surface area contributed by atoms with Crippen LogP contribution in [0.4, 0.5) is 5.69 Å². The van der Waals surface area contributed by atoms with Crippen molar-refractivity contribution in [2.45, 2.75) is 37.1 Å². The summed E-state index contributed by atoms with van der Waals surface area (Å²) in [6, 6.07) is 12.1. The predicted molar refractivity (Wildman–Crippen MR) is 137 cm³/mol. The van der Waals surface area contributed by atoms with E-state index in [2.05, 4.69) is 17.0 Å². The molecule has 2 aromatic carbocycles. The molecular weight excluding hydrogens is 503 g/mol. The number of hydrazone groups is 1. The molecule has 2 N–H and O–H groups in total. The standard InChI is InChI=1S/C26H24Cl2N4O4/c1-3-14(2)24-26(18-8-7-17(28)10-20(18)29-25(26)36)19(15-5-4-6-16(27)9-15)11-21-30-32(13-23(34)35)22(33)12-31(21)24/h4-10,19,24H,2-3,11-13H2,1H3,(H,29,36)(H,34,35)/t19-,24+,26?/m0/s1. The molecule has 36 heavy (non-hydrogen) atoms. The first-order valence-electron chi connectivity index (χ1n) is 11.6. The number of amidine groups is 1. The van der Waals surface area contributed by atoms with Crippen molar-refractivity contribution in [2.24, 2.45) is 5.10 Å². The van der Waals surface area contributed by atoms with E-state index in [-0.39, 0.29) is 18.9 Å². The Kier molecular flexibility index (Phi) is 6.04. The Morgan fingerprint density at radius 2 is 1.97 bits per heavy atom. The third-order valence-corrected chi connectivity index (χ3v) is 7.74. The van der Waals surface area contributed by atoms with Crippen LogP contribution in [0.3, 0.4) is 0 Å². The minimum Gasteiger partial charge on any atom is -0.480 e. The first kappa shape index (κ1) is 24.3. The Balaban J connectivity index is 1.78. The predicted octanol–water partition coefficient (Wildman–Crippen LogP) is 4.25. The molecule has 3 heterocycles. The zero-order valence-corrected chi connectivity index (χ0v) is 21.0. The van der Waals surface area contributed by atoms with Gasteiger partial charge in [0.2, 0.25) is 5.91 Å². The van der Waals surface area contributed by atoms with Gasteiger partial charge in [-0.1, -0.05) is 60.5 Å². The lowest BCUT2D eigenvalue weighted by atomic mass is 9.58. The number of carboxylic acids is 1. The zero-order valence-electron chi connectivity index (χ0n) is 19.5. The third-order valence-electron chi connectivity index (χ3n) is 7.27. The second-order valence-corrected chi connectivity index (χ2v) is 10.1. The number of hydrogen-bond acceptors (Lipinski definition) is 5. The van der Waals surface area contributed by atoms with Gasteiger partial charge in [-0.15, -0.1) is 0 Å². The number of anilines is 1. The number of benzene rings is 2. The van der Waals surface area contributed by atoms with Crippen molar-refractivity contribution in [3.05, 3.63) is 75.8 Å². The van der Waals surface area contributed by atoms with Crippen LogP contribution in [0.15, 0.2) is 59.7 Å². The van der Waals surface area contributed by atoms with E-state index in [4.69, 9.17) is 23.2 Å². The normalized spacial score (nSPS) is 24.8. The maximum absolute atomic E-state index is 14.1. The number of aliphatic carboxylic acids is 1. The summed E-state index contributed by atoms with van der Waals surface area (Å²) < 4.78 is 0. The van der Waals surface area contributed by atoms with Gasteiger partial charge in [-0.05, 0) is 41.8 Å². The van der Waals surface area contributed by atoms with Gasteiger partial charge >= 0.3 is 5.97 Å². The summed E-state index contributed by atoms with van der Waals surface area (Å²) in [6.07, 6.45) is 0.842. The highest BCUT2D eigenvalue weighted by Crippen LogP contribution is 2.57. The SMILES string of the molecule is C=C(CC)[C@H]1N2CC(=O)N(CC(=O)O)N=C2C[C@@H](c2cccc(Cl)c2)C12C(=O)Nc1cc(Cl)ccc12. The second-order valence-electron chi connectivity index (χ2n) is 9.23. The first-order valence-corrected chi connectivity index (χ1v) is 12.3. The number of rotatable bonds is 5. The Morgan fingerprint density at radius 1 is 1.22 bits per heavy atom. The largest absolute Gasteiger partial charge is 0.480 e. The highest BCUT2D eigenvalue weighted by molar-refractivity contribution is 6.31. The topological polar surface area (TPSA) is 102 Å². The molecule has 0 bridgehead atoms. The minimum atomic E-state index is -1.16. The van der Waals surface area contributed by atoms with E-state index in [0.717, 1.165) is 21.7 Å². The van der Waals surface area contributed by atoms with Gasteiger partial charge in [0.1, 0.15) is 24.3 Å². The average Bonchev–Trinajstić information content (AvgIpc) is 3.10. The van der Waals surface area contributed by atoms with Crippen LogP contribution in [0.25, 0.3) is 0 Å². The third kappa shape index (κ3) is 3.67. The summed E-state index contributed by atoms with van der Waals surface area (Å²) in [5.41, 5.74) is 1.82. The van der Waals surface area contributed by atoms with Crippen LogP contribution in [0.5, 0.6) is 0 Å². The number of nitrogens with one attached hydrogen (secondary N) is 1. The molecule has 3 atom stereocenters. The van der Waals surface area contributed by atoms with Gasteiger partial charge in [0, 0.05) is 28.1 Å². The second kappa shape index (κ2) is 8.94. The quantitative estimate of drug-likeness (QED) is 0.567. The molecule has 1 saturated heterocycles. The van der Waals surface area contributed by atoms with E-state index in [1.807, 2.05) is 36.1 Å². The van der Waals surface area contributed by atoms with E-state index < -0.39 is 35.8 Å². The molecule has 1 unspecified atom stereocenters. The van der Waals surface area contributed by atoms with Crippen LogP contribution in [0.1, 0.15) is 36.8 Å². The number of carbonyl (C=O) groups excluding carboxylic acids is 2. The number of piperidine rings is 1. The summed E-state index contributed by atoms with van der Waals surface area (Å²) in [7, 11) is 0. The Morgan fingerprint density at radius 3 is 2.67 bits per heavy atom. The average molecular weight is 527 g/mol. The van der Waals surface area contributed by atoms with E-state index in [1.165, 1.54) is 0 Å². The van der Waals surface area contributed by atoms with Crippen molar-refractivity contribution in [3.63, 3.8) is 0 Å². The first-order chi connectivity index (χ1) is 17.2. The molecule has 8 nitrogen and oxygen atoms in total. The fourth-order valence-electron chi connectivity index (χ4n) is 5.79. The molecule has 0 radical (unpaired) electrons. The molecule has 10 heteroatoms. The van der Waals surface area contributed by atoms with Crippen molar-refractivity contribution in [3.8, 4) is 0 Å². The number of hydrogen-bond donors (Lipinski definition) is 2. The van der Waals surface area contributed by atoms with Crippen molar-refractivity contribution >= 4 is 52.5 Å². The molecule has 1 fully saturated rings. The number of carbonyl (C=O) groups is 3. The van der Waals surface area contributed by atoms with E-state index >= 15 is 0 Å². The lowest BCUT2D eigenvalue weighted by Gasteiger charge is -2.54. The van der Waals surface area contributed by atoms with E-state index in [0.29, 0.717) is 28.0 Å². The highest BCUT2D eigenvalue weighted by atomic mass is 35.5. The van der Waals surface area contributed by atoms with Crippen molar-refractivity contribution in [2.75, 3.05) is 18.4 Å². The van der Waals surface area contributed by atoms with Gasteiger partial charge in [0.05, 0.1) is 6.04 Å². The number of fused-ring (bicyclic) bond motifs is 3. The van der Waals surface area contributed by atoms with Gasteiger partial charge in [-0.3, -0.25) is 14.4 Å². The molecular formula is C26H24Cl2N4O4. The molecule has 0 aromatic heterocycles. The smallest absolute Gasteiger partial charge is 0.325 e. The molecule has 2 aromatic rings. The Labute approximate surface area is 218 Å². The minimum absolute atomic E-state index is 0.115. The molecule has 0 saturated carbocycles. The number of nitrogens with zero attached hydrogens (tertiary/aromatic N) is 3. The monoisotopic (exact) mass is 526 g/mol. The van der Waals surface area contributed by atoms with Gasteiger partial charge in [0.25, 0.3) is 5.91 Å². The number of amides is 2. The van der Waals surface area contributed by atoms with E-state index in [1.54, 1.807) is 18.2 Å². The van der Waals surface area contributed by atoms with Crippen molar-refractivity contribution in [1.29, 1.82) is 0 Å². The molecule has 3 aliphatic rings. The van der Waals surface area contributed by atoms with Crippen LogP contribution in [-0.2, 0) is 19.8 Å². The van der Waals surface area contributed by atoms with Gasteiger partial charge in [0.15, 0.2) is 0 Å². The van der Waals surface area contributed by atoms with Gasteiger partial charge in [-0.25, -0.2) is 5.01 Å². The van der Waals surface area contributed by atoms with E-state index in [9.17, 15) is 19.5 Å². The summed E-state index contributed by atoms with van der Waals surface area (Å²) in [5, 5.41) is 18.8. The maximum Gasteiger partial charge on any atom is 0.325 e. The molecule has 0 aliphatic carbocycles. The maximum atomic E-state index is 14.1. The molecule has 186 valence electrons. The Bertz CT molecular complexity index is 1340. The summed E-state index contributed by atoms with van der Waals surface area (Å²) in [4.78, 5) is 40.3. The molecule has 5 rings (SSSR count). The highest BCUT2D eigenvalue weighted by Gasteiger charge is 2.63. The summed E-state index contributed by atoms with van der Waals surface area (Å²) in [6.45, 7) is 5.62. The summed E-state index contributed by atoms with van der Waals surface area (Å²) >= 11 is 12.7. The van der Waals surface area contributed by atoms with Crippen LogP contribution in [-0.4, -0.2) is 57.8 Å². The van der Waals surface area contributed by atoms with Crippen LogP contribution in [0.2, 0.25) is 10.0 Å². The lowest BCUT2D eigenvalue weighted by molar-refractivity contribution is -0.146. The summed E-state index contributed by atoms with van der Waals surface area (Å²) in [5.74, 6) is -1.73. The zero-order chi connectivity index (χ0) is 25.8. The molecule has 3 aliphatic heterocycles. The molecule has 2 amide bonds. The van der Waals surface area contributed by atoms with Crippen LogP contribution < -0.4 is 5.32 Å². The van der Waals surface area contributed by atoms with Gasteiger partial charge in [-0.2, -0.15) is 5.10 Å². The Hall–Kier alpha value is -3.36. The number of halogens is 2. The number of carboxylic acid groups (broad SMARTS) is 1. The van der Waals surface area contributed by atoms with Crippen molar-refractivity contribution in [1.82, 2.24) is 9.91 Å². The van der Waals surface area contributed by atoms with Crippen LogP contribution >= 0.6 is 23.2 Å². The van der Waals surface area contributed by atoms with Crippen LogP contribution in [0, 0.1) is 0 Å². The van der Waals surface area contributed by atoms with Crippen molar-refractivity contribution < 1.29 is 19.5 Å². The fraction of sp³-hybridized carbons (Fsp3) is 0.308. The lowest BCUT2D eigenvalue weighted by Crippen LogP contribution is -2.66.